The molecule has 0 amide bonds. The molecule has 6 nitrogen and oxygen atoms in total. The molecule has 38 heavy (non-hydrogen) atoms. The van der Waals surface area contributed by atoms with Crippen LogP contribution in [0.3, 0.4) is 0 Å². The van der Waals surface area contributed by atoms with Gasteiger partial charge in [0.2, 0.25) is 5.88 Å². The number of nitrogens with zero attached hydrogens (tertiary/aromatic N) is 3. The van der Waals surface area contributed by atoms with Gasteiger partial charge in [0.1, 0.15) is 5.75 Å². The van der Waals surface area contributed by atoms with Crippen LogP contribution in [0.1, 0.15) is 36.2 Å². The molecule has 0 saturated heterocycles. The van der Waals surface area contributed by atoms with Gasteiger partial charge >= 0.3 is 0 Å². The van der Waals surface area contributed by atoms with E-state index in [1.165, 1.54) is 5.56 Å². The maximum Gasteiger partial charge on any atom is 0.227 e. The summed E-state index contributed by atoms with van der Waals surface area (Å²) < 4.78 is 14.2. The molecule has 0 aliphatic rings. The third-order valence-electron chi connectivity index (χ3n) is 6.27. The largest absolute Gasteiger partial charge is 0.439 e. The van der Waals surface area contributed by atoms with E-state index in [2.05, 4.69) is 25.7 Å². The van der Waals surface area contributed by atoms with E-state index in [0.29, 0.717) is 31.5 Å². The van der Waals surface area contributed by atoms with Crippen molar-refractivity contribution in [3.8, 4) is 17.3 Å². The van der Waals surface area contributed by atoms with Crippen molar-refractivity contribution in [1.29, 1.82) is 0 Å². The Hall–Kier alpha value is -3.45. The first-order valence-electron chi connectivity index (χ1n) is 13.3. The summed E-state index contributed by atoms with van der Waals surface area (Å²) in [6, 6.07) is 28.1. The summed E-state index contributed by atoms with van der Waals surface area (Å²) in [5.41, 5.74) is 5.12. The lowest BCUT2D eigenvalue weighted by Gasteiger charge is -2.27. The third kappa shape index (κ3) is 7.78. The average molecular weight is 514 g/mol. The second-order valence-electron chi connectivity index (χ2n) is 10.3. The van der Waals surface area contributed by atoms with Gasteiger partial charge in [0, 0.05) is 19.6 Å². The van der Waals surface area contributed by atoms with Gasteiger partial charge in [-0.3, -0.25) is 4.90 Å². The lowest BCUT2D eigenvalue weighted by atomic mass is 10.1. The summed E-state index contributed by atoms with van der Waals surface area (Å²) in [5, 5.41) is 15.7. The minimum absolute atomic E-state index is 0.276. The van der Waals surface area contributed by atoms with E-state index in [-0.39, 0.29) is 6.61 Å². The molecule has 0 bridgehead atoms. The van der Waals surface area contributed by atoms with Crippen LogP contribution in [0.4, 0.5) is 0 Å². The SMILES string of the molecule is Cc1ccc(Oc2c(CN(CC(C)C)CC(O)COCc3ccccc3)c(C)nn2-c2ccccc2)cc1. The van der Waals surface area contributed by atoms with Crippen LogP contribution in [0.25, 0.3) is 5.69 Å². The van der Waals surface area contributed by atoms with Gasteiger partial charge in [0.25, 0.3) is 0 Å². The summed E-state index contributed by atoms with van der Waals surface area (Å²) in [6.07, 6.45) is -0.608. The van der Waals surface area contributed by atoms with E-state index >= 15 is 0 Å². The van der Waals surface area contributed by atoms with Crippen LogP contribution < -0.4 is 4.74 Å². The molecule has 0 radical (unpaired) electrons. The van der Waals surface area contributed by atoms with E-state index < -0.39 is 6.10 Å². The zero-order valence-electron chi connectivity index (χ0n) is 22.9. The number of ether oxygens (including phenoxy) is 2. The van der Waals surface area contributed by atoms with Crippen molar-refractivity contribution in [1.82, 2.24) is 14.7 Å². The van der Waals surface area contributed by atoms with Gasteiger partial charge in [0.15, 0.2) is 0 Å². The van der Waals surface area contributed by atoms with E-state index in [0.717, 1.165) is 34.8 Å². The first-order valence-corrected chi connectivity index (χ1v) is 13.3. The van der Waals surface area contributed by atoms with Gasteiger partial charge in [-0.25, -0.2) is 4.68 Å². The average Bonchev–Trinajstić information content (AvgIpc) is 3.20. The van der Waals surface area contributed by atoms with Crippen LogP contribution in [0.2, 0.25) is 0 Å². The molecule has 6 heteroatoms. The number of aryl methyl sites for hydroxylation is 2. The topological polar surface area (TPSA) is 59.8 Å². The Balaban J connectivity index is 1.54. The molecule has 1 unspecified atom stereocenters. The van der Waals surface area contributed by atoms with Gasteiger partial charge in [-0.15, -0.1) is 0 Å². The van der Waals surface area contributed by atoms with Crippen molar-refractivity contribution < 1.29 is 14.6 Å². The van der Waals surface area contributed by atoms with Crippen LogP contribution >= 0.6 is 0 Å². The van der Waals surface area contributed by atoms with Crippen molar-refractivity contribution in [2.24, 2.45) is 5.92 Å². The number of rotatable bonds is 13. The molecule has 3 aromatic carbocycles. The number of hydrogen-bond acceptors (Lipinski definition) is 5. The summed E-state index contributed by atoms with van der Waals surface area (Å²) in [5.74, 6) is 1.89. The fraction of sp³-hybridized carbons (Fsp3) is 0.344. The number of aromatic nitrogens is 2. The maximum atomic E-state index is 10.9. The Morgan fingerprint density at radius 3 is 2.18 bits per heavy atom. The van der Waals surface area contributed by atoms with Crippen LogP contribution in [0.15, 0.2) is 84.9 Å². The Bertz CT molecular complexity index is 1250. The highest BCUT2D eigenvalue weighted by molar-refractivity contribution is 5.43. The van der Waals surface area contributed by atoms with E-state index in [9.17, 15) is 5.11 Å². The molecular formula is C32H39N3O3. The molecule has 1 aromatic heterocycles. The van der Waals surface area contributed by atoms with Crippen molar-refractivity contribution in [3.63, 3.8) is 0 Å². The predicted octanol–water partition coefficient (Wildman–Crippen LogP) is 6.32. The van der Waals surface area contributed by atoms with Crippen molar-refractivity contribution >= 4 is 0 Å². The standard InChI is InChI=1S/C32H39N3O3/c1-24(2)19-34(20-29(36)23-37-22-27-11-7-5-8-12-27)21-31-26(4)33-35(28-13-9-6-10-14-28)32(31)38-30-17-15-25(3)16-18-30/h5-18,24,29,36H,19-23H2,1-4H3. The summed E-state index contributed by atoms with van der Waals surface area (Å²) in [7, 11) is 0. The number of benzene rings is 3. The highest BCUT2D eigenvalue weighted by atomic mass is 16.5. The van der Waals surface area contributed by atoms with Gasteiger partial charge in [-0.05, 0) is 49.6 Å². The monoisotopic (exact) mass is 513 g/mol. The zero-order valence-corrected chi connectivity index (χ0v) is 22.9. The Morgan fingerprint density at radius 2 is 1.53 bits per heavy atom. The maximum absolute atomic E-state index is 10.9. The highest BCUT2D eigenvalue weighted by Crippen LogP contribution is 2.32. The van der Waals surface area contributed by atoms with Crippen LogP contribution in [0.5, 0.6) is 11.6 Å². The molecular weight excluding hydrogens is 474 g/mol. The third-order valence-corrected chi connectivity index (χ3v) is 6.27. The molecule has 1 N–H and O–H groups in total. The van der Waals surface area contributed by atoms with Crippen LogP contribution in [-0.2, 0) is 17.9 Å². The number of aliphatic hydroxyl groups excluding tert-OH is 1. The summed E-state index contributed by atoms with van der Waals surface area (Å²) in [6.45, 7) is 11.1. The number of aliphatic hydroxyl groups is 1. The van der Waals surface area contributed by atoms with Gasteiger partial charge in [-0.2, -0.15) is 5.10 Å². The molecule has 0 aliphatic carbocycles. The molecule has 0 spiro atoms. The summed E-state index contributed by atoms with van der Waals surface area (Å²) >= 11 is 0. The van der Waals surface area contributed by atoms with Gasteiger partial charge in [0.05, 0.1) is 36.3 Å². The molecule has 0 aliphatic heterocycles. The molecule has 4 rings (SSSR count). The minimum Gasteiger partial charge on any atom is -0.439 e. The van der Waals surface area contributed by atoms with E-state index in [1.54, 1.807) is 0 Å². The number of hydrogen-bond donors (Lipinski definition) is 1. The normalized spacial score (nSPS) is 12.3. The molecule has 1 atom stereocenters. The second-order valence-corrected chi connectivity index (χ2v) is 10.3. The predicted molar refractivity (Wildman–Crippen MR) is 152 cm³/mol. The quantitative estimate of drug-likeness (QED) is 0.227. The first-order chi connectivity index (χ1) is 18.4. The number of para-hydroxylation sites is 1. The Kier molecular flexibility index (Phi) is 9.71. The van der Waals surface area contributed by atoms with Crippen LogP contribution in [0, 0.1) is 19.8 Å². The molecule has 0 fully saturated rings. The van der Waals surface area contributed by atoms with Crippen molar-refractivity contribution in [3.05, 3.63) is 107 Å². The minimum atomic E-state index is -0.608. The van der Waals surface area contributed by atoms with Crippen molar-refractivity contribution in [2.45, 2.75) is 47.0 Å². The van der Waals surface area contributed by atoms with Gasteiger partial charge < -0.3 is 14.6 Å². The lowest BCUT2D eigenvalue weighted by Crippen LogP contribution is -2.37. The molecule has 4 aromatic rings. The fourth-order valence-electron chi connectivity index (χ4n) is 4.47. The Labute approximate surface area is 226 Å². The Morgan fingerprint density at radius 1 is 0.868 bits per heavy atom. The smallest absolute Gasteiger partial charge is 0.227 e. The molecule has 200 valence electrons. The fourth-order valence-corrected chi connectivity index (χ4v) is 4.47. The van der Waals surface area contributed by atoms with Crippen LogP contribution in [-0.4, -0.2) is 45.6 Å². The second kappa shape index (κ2) is 13.4. The van der Waals surface area contributed by atoms with Crippen molar-refractivity contribution in [2.75, 3.05) is 19.7 Å². The lowest BCUT2D eigenvalue weighted by molar-refractivity contribution is 0.00666. The first kappa shape index (κ1) is 27.6. The van der Waals surface area contributed by atoms with E-state index in [4.69, 9.17) is 14.6 Å². The molecule has 0 saturated carbocycles. The zero-order chi connectivity index (χ0) is 26.9. The summed E-state index contributed by atoms with van der Waals surface area (Å²) in [4.78, 5) is 2.27. The highest BCUT2D eigenvalue weighted by Gasteiger charge is 2.23. The molecule has 1 heterocycles. The van der Waals surface area contributed by atoms with E-state index in [1.807, 2.05) is 96.5 Å². The van der Waals surface area contributed by atoms with Gasteiger partial charge in [-0.1, -0.05) is 80.1 Å².